The zero-order chi connectivity index (χ0) is 12.1. The van der Waals surface area contributed by atoms with Gasteiger partial charge in [-0.05, 0) is 20.8 Å². The summed E-state index contributed by atoms with van der Waals surface area (Å²) in [6, 6.07) is -0.209. The van der Waals surface area contributed by atoms with Gasteiger partial charge in [0.1, 0.15) is 6.54 Å². The van der Waals surface area contributed by atoms with Gasteiger partial charge in [-0.25, -0.2) is 0 Å². The normalized spacial score (nSPS) is 12.1. The van der Waals surface area contributed by atoms with E-state index in [9.17, 15) is 13.2 Å². The predicted molar refractivity (Wildman–Crippen MR) is 56.5 cm³/mol. The average Bonchev–Trinajstić information content (AvgIpc) is 2.01. The van der Waals surface area contributed by atoms with E-state index in [0.717, 1.165) is 4.31 Å². The van der Waals surface area contributed by atoms with Crippen LogP contribution in [0.5, 0.6) is 0 Å². The van der Waals surface area contributed by atoms with Crippen molar-refractivity contribution in [3.63, 3.8) is 0 Å². The lowest BCUT2D eigenvalue weighted by Crippen LogP contribution is -2.43. The average molecular weight is 238 g/mol. The monoisotopic (exact) mass is 238 g/mol. The van der Waals surface area contributed by atoms with Crippen molar-refractivity contribution in [1.29, 1.82) is 0 Å². The van der Waals surface area contributed by atoms with Gasteiger partial charge in [-0.3, -0.25) is 4.79 Å². The molecule has 1 N–H and O–H groups in total. The van der Waals surface area contributed by atoms with Crippen LogP contribution in [0.1, 0.15) is 20.8 Å². The smallest absolute Gasteiger partial charge is 0.321 e. The summed E-state index contributed by atoms with van der Waals surface area (Å²) in [6.07, 6.45) is 0. The zero-order valence-corrected chi connectivity index (χ0v) is 10.3. The number of rotatable bonds is 6. The molecule has 6 nitrogen and oxygen atoms in total. The first-order valence-corrected chi connectivity index (χ1v) is 6.12. The Morgan fingerprint density at radius 3 is 2.40 bits per heavy atom. The van der Waals surface area contributed by atoms with Gasteiger partial charge in [-0.15, -0.1) is 0 Å². The van der Waals surface area contributed by atoms with Gasteiger partial charge in [0.2, 0.25) is 0 Å². The van der Waals surface area contributed by atoms with Gasteiger partial charge < -0.3 is 4.74 Å². The van der Waals surface area contributed by atoms with Crippen molar-refractivity contribution < 1.29 is 17.9 Å². The van der Waals surface area contributed by atoms with Crippen molar-refractivity contribution in [2.45, 2.75) is 26.8 Å². The van der Waals surface area contributed by atoms with Crippen molar-refractivity contribution in [3.8, 4) is 0 Å². The molecule has 7 heteroatoms. The van der Waals surface area contributed by atoms with Crippen molar-refractivity contribution in [3.05, 3.63) is 0 Å². The fourth-order valence-corrected chi connectivity index (χ4v) is 1.91. The Labute approximate surface area is 90.8 Å². The van der Waals surface area contributed by atoms with Crippen molar-refractivity contribution in [2.75, 3.05) is 20.2 Å². The number of likely N-dealkylation sites (N-methyl/N-ethyl adjacent to an activating group) is 1. The number of nitrogens with one attached hydrogen (secondary N) is 1. The highest BCUT2D eigenvalue weighted by molar-refractivity contribution is 7.87. The van der Waals surface area contributed by atoms with Gasteiger partial charge in [0.25, 0.3) is 10.2 Å². The highest BCUT2D eigenvalue weighted by Gasteiger charge is 2.21. The number of ether oxygens (including phenoxy) is 1. The molecular formula is C8H18N2O4S. The van der Waals surface area contributed by atoms with E-state index in [4.69, 9.17) is 0 Å². The van der Waals surface area contributed by atoms with Crippen LogP contribution in [-0.4, -0.2) is 44.9 Å². The zero-order valence-electron chi connectivity index (χ0n) is 9.48. The summed E-state index contributed by atoms with van der Waals surface area (Å²) in [7, 11) is -2.27. The van der Waals surface area contributed by atoms with E-state index in [1.54, 1.807) is 20.8 Å². The second kappa shape index (κ2) is 6.04. The van der Waals surface area contributed by atoms with Gasteiger partial charge in [0.15, 0.2) is 0 Å². The molecule has 0 bridgehead atoms. The molecule has 0 aliphatic heterocycles. The Morgan fingerprint density at radius 2 is 2.00 bits per heavy atom. The van der Waals surface area contributed by atoms with E-state index in [1.165, 1.54) is 7.05 Å². The number of carbonyl (C=O) groups excluding carboxylic acids is 1. The van der Waals surface area contributed by atoms with Crippen LogP contribution in [0, 0.1) is 0 Å². The van der Waals surface area contributed by atoms with Crippen LogP contribution in [0.4, 0.5) is 0 Å². The van der Waals surface area contributed by atoms with Crippen molar-refractivity contribution in [2.24, 2.45) is 0 Å². The molecule has 0 saturated heterocycles. The number of nitrogens with zero attached hydrogens (tertiary/aromatic N) is 1. The lowest BCUT2D eigenvalue weighted by Gasteiger charge is -2.18. The fourth-order valence-electron chi connectivity index (χ4n) is 0.861. The highest BCUT2D eigenvalue weighted by atomic mass is 32.2. The third kappa shape index (κ3) is 5.71. The lowest BCUT2D eigenvalue weighted by atomic mass is 10.4. The molecule has 0 aromatic heterocycles. The van der Waals surface area contributed by atoms with Gasteiger partial charge >= 0.3 is 5.97 Å². The van der Waals surface area contributed by atoms with E-state index in [0.29, 0.717) is 0 Å². The van der Waals surface area contributed by atoms with Gasteiger partial charge in [-0.1, -0.05) is 0 Å². The van der Waals surface area contributed by atoms with Gasteiger partial charge in [-0.2, -0.15) is 17.4 Å². The third-order valence-corrected chi connectivity index (χ3v) is 3.17. The Bertz CT molecular complexity index is 300. The van der Waals surface area contributed by atoms with E-state index in [-0.39, 0.29) is 19.2 Å². The minimum atomic E-state index is -3.59. The van der Waals surface area contributed by atoms with E-state index < -0.39 is 16.2 Å². The molecule has 0 heterocycles. The van der Waals surface area contributed by atoms with Crippen LogP contribution in [-0.2, 0) is 19.7 Å². The summed E-state index contributed by atoms with van der Waals surface area (Å²) < 4.78 is 30.9. The van der Waals surface area contributed by atoms with Crippen LogP contribution < -0.4 is 4.72 Å². The number of esters is 1. The molecule has 0 spiro atoms. The van der Waals surface area contributed by atoms with Crippen LogP contribution in [0.15, 0.2) is 0 Å². The van der Waals surface area contributed by atoms with E-state index >= 15 is 0 Å². The molecular weight excluding hydrogens is 220 g/mol. The number of carbonyl (C=O) groups is 1. The second-order valence-electron chi connectivity index (χ2n) is 3.34. The first-order valence-electron chi connectivity index (χ1n) is 4.68. The molecule has 0 aromatic carbocycles. The number of hydrogen-bond donors (Lipinski definition) is 1. The maximum absolute atomic E-state index is 11.5. The molecule has 0 fully saturated rings. The highest BCUT2D eigenvalue weighted by Crippen LogP contribution is 1.96. The van der Waals surface area contributed by atoms with Crippen LogP contribution in [0.2, 0.25) is 0 Å². The van der Waals surface area contributed by atoms with Crippen molar-refractivity contribution >= 4 is 16.2 Å². The van der Waals surface area contributed by atoms with E-state index in [2.05, 4.69) is 9.46 Å². The summed E-state index contributed by atoms with van der Waals surface area (Å²) in [5.74, 6) is -0.561. The topological polar surface area (TPSA) is 75.7 Å². The van der Waals surface area contributed by atoms with Gasteiger partial charge in [0.05, 0.1) is 6.61 Å². The maximum Gasteiger partial charge on any atom is 0.321 e. The Morgan fingerprint density at radius 1 is 1.47 bits per heavy atom. The Hall–Kier alpha value is -0.660. The molecule has 0 saturated carbocycles. The van der Waals surface area contributed by atoms with E-state index in [1.807, 2.05) is 0 Å². The standard InChI is InChI=1S/C8H18N2O4S/c1-5-14-8(11)6-10(4)15(12,13)9-7(2)3/h7,9H,5-6H2,1-4H3. The first-order chi connectivity index (χ1) is 6.79. The molecule has 0 aliphatic carbocycles. The lowest BCUT2D eigenvalue weighted by molar-refractivity contribution is -0.143. The second-order valence-corrected chi connectivity index (χ2v) is 5.15. The molecule has 15 heavy (non-hydrogen) atoms. The molecule has 0 amide bonds. The van der Waals surface area contributed by atoms with Crippen LogP contribution in [0.3, 0.4) is 0 Å². The minimum Gasteiger partial charge on any atom is -0.465 e. The van der Waals surface area contributed by atoms with Gasteiger partial charge in [0, 0.05) is 13.1 Å². The minimum absolute atomic E-state index is 0.209. The Kier molecular flexibility index (Phi) is 5.77. The quantitative estimate of drug-likeness (QED) is 0.646. The molecule has 90 valence electrons. The molecule has 0 atom stereocenters. The molecule has 0 aliphatic rings. The Balaban J connectivity index is 4.31. The fraction of sp³-hybridized carbons (Fsp3) is 0.875. The SMILES string of the molecule is CCOC(=O)CN(C)S(=O)(=O)NC(C)C. The van der Waals surface area contributed by atoms with Crippen LogP contribution in [0.25, 0.3) is 0 Å². The van der Waals surface area contributed by atoms with Crippen LogP contribution >= 0.6 is 0 Å². The third-order valence-electron chi connectivity index (χ3n) is 1.45. The number of hydrogen-bond acceptors (Lipinski definition) is 4. The summed E-state index contributed by atoms with van der Waals surface area (Å²) in [4.78, 5) is 11.0. The van der Waals surface area contributed by atoms with Crippen molar-refractivity contribution in [1.82, 2.24) is 9.03 Å². The largest absolute Gasteiger partial charge is 0.465 e. The molecule has 0 aromatic rings. The maximum atomic E-state index is 11.5. The summed E-state index contributed by atoms with van der Waals surface area (Å²) in [5.41, 5.74) is 0. The molecule has 0 unspecified atom stereocenters. The molecule has 0 rings (SSSR count). The predicted octanol–water partition coefficient (Wildman–Crippen LogP) is -0.276. The molecule has 0 radical (unpaired) electrons. The first kappa shape index (κ1) is 14.3. The summed E-state index contributed by atoms with van der Waals surface area (Å²) >= 11 is 0. The summed E-state index contributed by atoms with van der Waals surface area (Å²) in [5, 5.41) is 0. The summed E-state index contributed by atoms with van der Waals surface area (Å²) in [6.45, 7) is 5.03.